The quantitative estimate of drug-likeness (QED) is 0.336. The Kier molecular flexibility index (Phi) is 8.16. The second kappa shape index (κ2) is 11.5. The molecular formula is C28H36FN3O. The summed E-state index contributed by atoms with van der Waals surface area (Å²) in [7, 11) is 0. The van der Waals surface area contributed by atoms with Crippen LogP contribution in [0.15, 0.2) is 48.7 Å². The van der Waals surface area contributed by atoms with Crippen molar-refractivity contribution in [1.82, 2.24) is 14.9 Å². The number of rotatable bonds is 12. The van der Waals surface area contributed by atoms with Gasteiger partial charge in [0.05, 0.1) is 18.5 Å². The molecule has 0 fully saturated rings. The molecule has 0 amide bonds. The van der Waals surface area contributed by atoms with Crippen molar-refractivity contribution in [2.75, 3.05) is 13.2 Å². The summed E-state index contributed by atoms with van der Waals surface area (Å²) in [5.74, 6) is 2.44. The minimum Gasteiger partial charge on any atom is -0.493 e. The number of nitrogens with one attached hydrogen (secondary N) is 1. The molecule has 0 aliphatic carbocycles. The zero-order valence-corrected chi connectivity index (χ0v) is 19.9. The van der Waals surface area contributed by atoms with Gasteiger partial charge in [-0.05, 0) is 79.6 Å². The first-order valence-electron chi connectivity index (χ1n) is 12.4. The van der Waals surface area contributed by atoms with Crippen LogP contribution in [0.5, 0.6) is 5.75 Å². The Morgan fingerprint density at radius 2 is 2.00 bits per heavy atom. The third kappa shape index (κ3) is 6.23. The lowest BCUT2D eigenvalue weighted by Crippen LogP contribution is -2.19. The van der Waals surface area contributed by atoms with Gasteiger partial charge in [-0.15, -0.1) is 0 Å². The third-order valence-electron chi connectivity index (χ3n) is 6.58. The highest BCUT2D eigenvalue weighted by atomic mass is 19.1. The molecular weight excluding hydrogens is 413 g/mol. The first-order chi connectivity index (χ1) is 16.1. The Morgan fingerprint density at radius 3 is 2.82 bits per heavy atom. The Labute approximate surface area is 197 Å². The average molecular weight is 450 g/mol. The number of aromatic nitrogens is 2. The van der Waals surface area contributed by atoms with Crippen LogP contribution in [0.25, 0.3) is 11.4 Å². The topological polar surface area (TPSA) is 39.1 Å². The van der Waals surface area contributed by atoms with E-state index in [1.54, 1.807) is 0 Å². The molecule has 0 saturated carbocycles. The molecule has 0 spiro atoms. The van der Waals surface area contributed by atoms with Gasteiger partial charge in [-0.3, -0.25) is 0 Å². The van der Waals surface area contributed by atoms with Crippen LogP contribution in [0.4, 0.5) is 4.39 Å². The number of hydrogen-bond donors (Lipinski definition) is 1. The molecule has 1 unspecified atom stereocenters. The Morgan fingerprint density at radius 1 is 1.15 bits per heavy atom. The molecule has 1 aliphatic rings. The third-order valence-corrected chi connectivity index (χ3v) is 6.58. The number of fused-ring (bicyclic) bond motifs is 1. The molecule has 1 aromatic heterocycles. The van der Waals surface area contributed by atoms with E-state index in [0.29, 0.717) is 5.92 Å². The fourth-order valence-electron chi connectivity index (χ4n) is 4.46. The number of unbranched alkanes of at least 4 members (excludes halogenated alkanes) is 1. The zero-order valence-electron chi connectivity index (χ0n) is 19.9. The molecule has 1 aliphatic heterocycles. The summed E-state index contributed by atoms with van der Waals surface area (Å²) in [5.41, 5.74) is 4.94. The lowest BCUT2D eigenvalue weighted by Gasteiger charge is -2.14. The monoisotopic (exact) mass is 449 g/mol. The summed E-state index contributed by atoms with van der Waals surface area (Å²) in [6.45, 7) is 8.09. The maximum Gasteiger partial charge on any atom is 0.140 e. The molecule has 1 N–H and O–H groups in total. The van der Waals surface area contributed by atoms with Crippen molar-refractivity contribution in [3.8, 4) is 17.1 Å². The Balaban J connectivity index is 1.26. The molecule has 33 heavy (non-hydrogen) atoms. The molecule has 5 heteroatoms. The number of benzene rings is 2. The van der Waals surface area contributed by atoms with E-state index < -0.39 is 0 Å². The summed E-state index contributed by atoms with van der Waals surface area (Å²) in [4.78, 5) is 4.66. The normalized spacial score (nSPS) is 13.7. The summed E-state index contributed by atoms with van der Waals surface area (Å²) in [6, 6.07) is 13.3. The average Bonchev–Trinajstić information content (AvgIpc) is 3.46. The van der Waals surface area contributed by atoms with E-state index in [9.17, 15) is 4.39 Å². The predicted octanol–water partition coefficient (Wildman–Crippen LogP) is 6.17. The molecule has 4 rings (SSSR count). The van der Waals surface area contributed by atoms with E-state index in [1.807, 2.05) is 18.3 Å². The largest absolute Gasteiger partial charge is 0.493 e. The van der Waals surface area contributed by atoms with Crippen molar-refractivity contribution < 1.29 is 9.13 Å². The molecule has 176 valence electrons. The summed E-state index contributed by atoms with van der Waals surface area (Å²) in [5, 5.41) is 3.62. The van der Waals surface area contributed by atoms with Crippen molar-refractivity contribution in [3.05, 3.63) is 71.3 Å². The molecule has 1 atom stereocenters. The number of ether oxygens (including phenoxy) is 1. The highest BCUT2D eigenvalue weighted by Gasteiger charge is 2.14. The highest BCUT2D eigenvalue weighted by Crippen LogP contribution is 2.27. The number of imidazole rings is 1. The fourth-order valence-corrected chi connectivity index (χ4v) is 4.46. The molecule has 0 bridgehead atoms. The lowest BCUT2D eigenvalue weighted by molar-refractivity contribution is 0.357. The van der Waals surface area contributed by atoms with Gasteiger partial charge in [-0.25, -0.2) is 9.37 Å². The number of halogens is 1. The number of aryl methyl sites for hydroxylation is 1. The van der Waals surface area contributed by atoms with Gasteiger partial charge in [0.1, 0.15) is 17.4 Å². The van der Waals surface area contributed by atoms with Crippen LogP contribution in [-0.4, -0.2) is 22.7 Å². The van der Waals surface area contributed by atoms with Crippen LogP contribution >= 0.6 is 0 Å². The molecule has 2 aromatic carbocycles. The second-order valence-electron chi connectivity index (χ2n) is 9.24. The second-order valence-corrected chi connectivity index (χ2v) is 9.24. The molecule has 2 heterocycles. The van der Waals surface area contributed by atoms with Gasteiger partial charge in [0, 0.05) is 25.1 Å². The van der Waals surface area contributed by atoms with E-state index in [1.165, 1.54) is 35.4 Å². The van der Waals surface area contributed by atoms with Gasteiger partial charge < -0.3 is 14.6 Å². The maximum atomic E-state index is 13.3. The van der Waals surface area contributed by atoms with Crippen molar-refractivity contribution >= 4 is 0 Å². The van der Waals surface area contributed by atoms with Crippen molar-refractivity contribution in [1.29, 1.82) is 0 Å². The Bertz CT molecular complexity index is 1030. The van der Waals surface area contributed by atoms with Crippen molar-refractivity contribution in [2.45, 2.75) is 65.5 Å². The minimum absolute atomic E-state index is 0.216. The number of nitrogens with zero attached hydrogens (tertiary/aromatic N) is 2. The molecule has 0 saturated heterocycles. The van der Waals surface area contributed by atoms with Gasteiger partial charge in [0.25, 0.3) is 0 Å². The predicted molar refractivity (Wildman–Crippen MR) is 132 cm³/mol. The van der Waals surface area contributed by atoms with E-state index in [-0.39, 0.29) is 5.82 Å². The smallest absolute Gasteiger partial charge is 0.140 e. The van der Waals surface area contributed by atoms with E-state index in [2.05, 4.69) is 46.9 Å². The van der Waals surface area contributed by atoms with Crippen molar-refractivity contribution in [3.63, 3.8) is 0 Å². The maximum absolute atomic E-state index is 13.3. The summed E-state index contributed by atoms with van der Waals surface area (Å²) >= 11 is 0. The van der Waals surface area contributed by atoms with Crippen LogP contribution in [0.3, 0.4) is 0 Å². The highest BCUT2D eigenvalue weighted by molar-refractivity contribution is 5.56. The van der Waals surface area contributed by atoms with Gasteiger partial charge in [-0.1, -0.05) is 32.4 Å². The van der Waals surface area contributed by atoms with Gasteiger partial charge in [-0.2, -0.15) is 0 Å². The molecule has 3 aromatic rings. The first-order valence-corrected chi connectivity index (χ1v) is 12.4. The first kappa shape index (κ1) is 23.5. The fraction of sp³-hybridized carbons (Fsp3) is 0.464. The Hall–Kier alpha value is -2.66. The lowest BCUT2D eigenvalue weighted by atomic mass is 9.97. The van der Waals surface area contributed by atoms with Crippen LogP contribution in [0, 0.1) is 11.7 Å². The number of hydrogen-bond acceptors (Lipinski definition) is 3. The van der Waals surface area contributed by atoms with Crippen LogP contribution < -0.4 is 10.1 Å². The van der Waals surface area contributed by atoms with E-state index in [4.69, 9.17) is 4.74 Å². The SMILES string of the molecule is CCCCn1c(CNCCC(C)CCc2ccc3c(c2)CCO3)cnc1-c1ccc(F)cc1. The summed E-state index contributed by atoms with van der Waals surface area (Å²) in [6.07, 6.45) is 8.71. The van der Waals surface area contributed by atoms with Crippen LogP contribution in [0.2, 0.25) is 0 Å². The van der Waals surface area contributed by atoms with Crippen LogP contribution in [-0.2, 0) is 25.9 Å². The van der Waals surface area contributed by atoms with Crippen LogP contribution in [0.1, 0.15) is 56.4 Å². The van der Waals surface area contributed by atoms with Gasteiger partial charge in [0.2, 0.25) is 0 Å². The summed E-state index contributed by atoms with van der Waals surface area (Å²) < 4.78 is 21.2. The zero-order chi connectivity index (χ0) is 23.0. The van der Waals surface area contributed by atoms with Crippen molar-refractivity contribution in [2.24, 2.45) is 5.92 Å². The molecule has 0 radical (unpaired) electrons. The van der Waals surface area contributed by atoms with Gasteiger partial charge in [0.15, 0.2) is 0 Å². The van der Waals surface area contributed by atoms with E-state index in [0.717, 1.165) is 75.5 Å². The van der Waals surface area contributed by atoms with E-state index >= 15 is 0 Å². The molecule has 4 nitrogen and oxygen atoms in total. The minimum atomic E-state index is -0.216. The van der Waals surface area contributed by atoms with Gasteiger partial charge >= 0.3 is 0 Å². The standard InChI is InChI=1S/C28H36FN3O/c1-3-4-16-32-26(20-31-28(32)23-8-10-25(29)11-9-23)19-30-15-13-21(2)5-6-22-7-12-27-24(18-22)14-17-33-27/h7-12,18,20-21,30H,3-6,13-17,19H2,1-2H3.